The van der Waals surface area contributed by atoms with Crippen LogP contribution in [-0.4, -0.2) is 19.0 Å². The first kappa shape index (κ1) is 21.8. The van der Waals surface area contributed by atoms with Gasteiger partial charge in [0.15, 0.2) is 0 Å². The predicted molar refractivity (Wildman–Crippen MR) is 131 cm³/mol. The zero-order valence-electron chi connectivity index (χ0n) is 18.5. The Hall–Kier alpha value is -3.38. The Bertz CT molecular complexity index is 991. The second-order valence-electron chi connectivity index (χ2n) is 8.64. The molecule has 0 heterocycles. The number of hydrogen-bond donors (Lipinski definition) is 1. The highest BCUT2D eigenvalue weighted by Crippen LogP contribution is 2.29. The fraction of sp³-hybridized carbons (Fsp3) is 0.310. The number of rotatable bonds is 6. The molecule has 0 spiro atoms. The van der Waals surface area contributed by atoms with Gasteiger partial charge in [0.1, 0.15) is 0 Å². The van der Waals surface area contributed by atoms with Crippen LogP contribution in [0.4, 0.5) is 0 Å². The van der Waals surface area contributed by atoms with Crippen molar-refractivity contribution in [2.75, 3.05) is 13.1 Å². The highest BCUT2D eigenvalue weighted by atomic mass is 16.1. The third kappa shape index (κ3) is 6.08. The Balaban J connectivity index is 1.28. The quantitative estimate of drug-likeness (QED) is 0.490. The van der Waals surface area contributed by atoms with Crippen LogP contribution in [0.25, 0.3) is 4.85 Å². The Morgan fingerprint density at radius 1 is 0.812 bits per heavy atom. The smallest absolute Gasteiger partial charge is 0.276 e. The summed E-state index contributed by atoms with van der Waals surface area (Å²) in [4.78, 5) is 17.0. The lowest BCUT2D eigenvalue weighted by Crippen LogP contribution is -2.31. The van der Waals surface area contributed by atoms with E-state index in [9.17, 15) is 4.79 Å². The summed E-state index contributed by atoms with van der Waals surface area (Å²) in [6.45, 7) is 1.47. The van der Waals surface area contributed by atoms with Crippen molar-refractivity contribution in [2.45, 2.75) is 31.6 Å². The van der Waals surface area contributed by atoms with Crippen LogP contribution in [0.2, 0.25) is 0 Å². The molecule has 0 aliphatic heterocycles. The molecule has 0 saturated heterocycles. The summed E-state index contributed by atoms with van der Waals surface area (Å²) >= 11 is 0. The van der Waals surface area contributed by atoms with Crippen LogP contribution in [0.15, 0.2) is 91.0 Å². The minimum atomic E-state index is 0.0220. The molecule has 3 heteroatoms. The molecular weight excluding hydrogens is 392 g/mol. The Kier molecular flexibility index (Phi) is 7.71. The van der Waals surface area contributed by atoms with E-state index in [-0.39, 0.29) is 11.8 Å². The maximum atomic E-state index is 12.3. The van der Waals surface area contributed by atoms with E-state index < -0.39 is 0 Å². The molecule has 1 amide bonds. The maximum Gasteiger partial charge on any atom is 0.276 e. The molecule has 1 aliphatic carbocycles. The van der Waals surface area contributed by atoms with Crippen molar-refractivity contribution >= 4 is 5.91 Å². The van der Waals surface area contributed by atoms with E-state index in [2.05, 4.69) is 72.0 Å². The zero-order chi connectivity index (χ0) is 22.0. The second kappa shape index (κ2) is 11.3. The first-order valence-corrected chi connectivity index (χ1v) is 11.6. The SMILES string of the molecule is O=C(NCC1CCC(C#[N+]CC(c2ccccc2)c2ccccc2)CC1)c1ccccc1. The molecule has 3 nitrogen and oxygen atoms in total. The van der Waals surface area contributed by atoms with Crippen LogP contribution >= 0.6 is 0 Å². The summed E-state index contributed by atoms with van der Waals surface area (Å²) in [7, 11) is 0. The average molecular weight is 424 g/mol. The third-order valence-electron chi connectivity index (χ3n) is 6.39. The van der Waals surface area contributed by atoms with Crippen LogP contribution in [0.5, 0.6) is 0 Å². The van der Waals surface area contributed by atoms with Crippen molar-refractivity contribution in [3.05, 3.63) is 113 Å². The van der Waals surface area contributed by atoms with Crippen LogP contribution in [-0.2, 0) is 0 Å². The number of hydrogen-bond acceptors (Lipinski definition) is 1. The summed E-state index contributed by atoms with van der Waals surface area (Å²) in [6.07, 6.45) is 4.42. The van der Waals surface area contributed by atoms with E-state index in [1.165, 1.54) is 11.1 Å². The topological polar surface area (TPSA) is 33.5 Å². The van der Waals surface area contributed by atoms with Gasteiger partial charge in [-0.05, 0) is 54.9 Å². The van der Waals surface area contributed by atoms with E-state index >= 15 is 0 Å². The van der Waals surface area contributed by atoms with Gasteiger partial charge in [0, 0.05) is 12.1 Å². The molecule has 32 heavy (non-hydrogen) atoms. The van der Waals surface area contributed by atoms with Gasteiger partial charge in [-0.1, -0.05) is 83.7 Å². The lowest BCUT2D eigenvalue weighted by molar-refractivity contribution is 0.0942. The summed E-state index contributed by atoms with van der Waals surface area (Å²) < 4.78 is 0. The molecule has 0 atom stereocenters. The van der Waals surface area contributed by atoms with Gasteiger partial charge >= 0.3 is 0 Å². The molecule has 1 N–H and O–H groups in total. The largest absolute Gasteiger partial charge is 0.352 e. The molecule has 4 rings (SSSR count). The van der Waals surface area contributed by atoms with Gasteiger partial charge in [-0.15, -0.1) is 0 Å². The summed E-state index contributed by atoms with van der Waals surface area (Å²) in [6, 6.07) is 34.1. The number of carbonyl (C=O) groups is 1. The van der Waals surface area contributed by atoms with Crippen molar-refractivity contribution in [2.24, 2.45) is 11.8 Å². The van der Waals surface area contributed by atoms with E-state index in [0.29, 0.717) is 11.8 Å². The fourth-order valence-electron chi connectivity index (χ4n) is 4.47. The van der Waals surface area contributed by atoms with Gasteiger partial charge in [-0.25, -0.2) is 0 Å². The molecule has 1 saturated carbocycles. The standard InChI is InChI=1S/C29H30N2O/c32-29(27-14-8-3-9-15-27)31-21-24-18-16-23(17-19-24)20-30-22-28(25-10-4-1-5-11-25)26-12-6-2-7-13-26/h1-15,23-24,28H,16-19,21-22H2/p+1. The van der Waals surface area contributed by atoms with Crippen LogP contribution in [0.1, 0.15) is 53.1 Å². The number of benzene rings is 3. The second-order valence-corrected chi connectivity index (χ2v) is 8.64. The molecule has 1 aliphatic rings. The molecule has 0 bridgehead atoms. The molecule has 1 fully saturated rings. The van der Waals surface area contributed by atoms with E-state index in [4.69, 9.17) is 4.85 Å². The van der Waals surface area contributed by atoms with Crippen molar-refractivity contribution < 1.29 is 4.79 Å². The Morgan fingerprint density at radius 2 is 1.34 bits per heavy atom. The number of carbonyl (C=O) groups excluding carboxylic acids is 1. The lowest BCUT2D eigenvalue weighted by Gasteiger charge is -2.23. The molecule has 162 valence electrons. The summed E-state index contributed by atoms with van der Waals surface area (Å²) in [5, 5.41) is 3.10. The molecule has 3 aromatic rings. The molecule has 0 radical (unpaired) electrons. The van der Waals surface area contributed by atoms with Gasteiger partial charge in [0.25, 0.3) is 18.5 Å². The third-order valence-corrected chi connectivity index (χ3v) is 6.39. The minimum Gasteiger partial charge on any atom is -0.352 e. The highest BCUT2D eigenvalue weighted by molar-refractivity contribution is 5.94. The van der Waals surface area contributed by atoms with Crippen LogP contribution in [0.3, 0.4) is 0 Å². The predicted octanol–water partition coefficient (Wildman–Crippen LogP) is 6.39. The molecular formula is C29H31N2O+. The van der Waals surface area contributed by atoms with Gasteiger partial charge in [-0.2, -0.15) is 0 Å². The Labute approximate surface area is 191 Å². The van der Waals surface area contributed by atoms with E-state index in [0.717, 1.165) is 44.3 Å². The number of amides is 1. The first-order chi connectivity index (χ1) is 15.8. The van der Waals surface area contributed by atoms with Gasteiger partial charge in [-0.3, -0.25) is 4.79 Å². The van der Waals surface area contributed by atoms with Crippen LogP contribution < -0.4 is 5.32 Å². The molecule has 0 unspecified atom stereocenters. The number of nitrogens with zero attached hydrogens (tertiary/aromatic N) is 1. The van der Waals surface area contributed by atoms with Gasteiger partial charge < -0.3 is 5.32 Å². The summed E-state index contributed by atoms with van der Waals surface area (Å²) in [5.74, 6) is 1.24. The van der Waals surface area contributed by atoms with Crippen molar-refractivity contribution in [1.29, 1.82) is 0 Å². The lowest BCUT2D eigenvalue weighted by atomic mass is 9.82. The van der Waals surface area contributed by atoms with Crippen molar-refractivity contribution in [3.8, 4) is 6.07 Å². The zero-order valence-corrected chi connectivity index (χ0v) is 18.5. The highest BCUT2D eigenvalue weighted by Gasteiger charge is 2.24. The van der Waals surface area contributed by atoms with Crippen LogP contribution in [0, 0.1) is 17.9 Å². The van der Waals surface area contributed by atoms with E-state index in [1.807, 2.05) is 30.3 Å². The first-order valence-electron chi connectivity index (χ1n) is 11.6. The minimum absolute atomic E-state index is 0.0220. The normalized spacial score (nSPS) is 17.9. The molecule has 3 aromatic carbocycles. The van der Waals surface area contributed by atoms with Crippen molar-refractivity contribution in [1.82, 2.24) is 5.32 Å². The maximum absolute atomic E-state index is 12.3. The Morgan fingerprint density at radius 3 is 1.91 bits per heavy atom. The average Bonchev–Trinajstić information content (AvgIpc) is 2.87. The van der Waals surface area contributed by atoms with Crippen molar-refractivity contribution in [3.63, 3.8) is 0 Å². The van der Waals surface area contributed by atoms with Gasteiger partial charge in [0.05, 0.1) is 11.8 Å². The number of nitrogens with one attached hydrogen (secondary N) is 1. The van der Waals surface area contributed by atoms with E-state index in [1.54, 1.807) is 0 Å². The summed E-state index contributed by atoms with van der Waals surface area (Å²) in [5.41, 5.74) is 3.32. The monoisotopic (exact) mass is 423 g/mol. The molecule has 0 aromatic heterocycles. The fourth-order valence-corrected chi connectivity index (χ4v) is 4.47. The van der Waals surface area contributed by atoms with Gasteiger partial charge in [0.2, 0.25) is 0 Å².